The molecular weight excluding hydrogens is 316 g/mol. The van der Waals surface area contributed by atoms with E-state index in [1.807, 2.05) is 4.90 Å². The number of halogens is 2. The van der Waals surface area contributed by atoms with Crippen LogP contribution in [0.2, 0.25) is 5.02 Å². The quantitative estimate of drug-likeness (QED) is 0.790. The van der Waals surface area contributed by atoms with Gasteiger partial charge in [0.25, 0.3) is 5.91 Å². The highest BCUT2D eigenvalue weighted by Crippen LogP contribution is 2.24. The van der Waals surface area contributed by atoms with Gasteiger partial charge in [-0.2, -0.15) is 0 Å². The van der Waals surface area contributed by atoms with Gasteiger partial charge in [-0.15, -0.1) is 0 Å². The van der Waals surface area contributed by atoms with Crippen LogP contribution in [0.4, 0.5) is 0 Å². The maximum Gasteiger partial charge on any atom is 0.254 e. The smallest absolute Gasteiger partial charge is 0.254 e. The lowest BCUT2D eigenvalue weighted by atomic mass is 10.1. The van der Waals surface area contributed by atoms with Crippen molar-refractivity contribution in [2.45, 2.75) is 13.0 Å². The van der Waals surface area contributed by atoms with E-state index in [0.29, 0.717) is 10.6 Å². The standard InChI is InChI=1S/C13H16BrClN2O/c1-9-8-16(2)5-6-17(9)13(18)10-3-4-12(15)11(14)7-10/h3-4,7,9H,5-6,8H2,1-2H3. The van der Waals surface area contributed by atoms with Crippen molar-refractivity contribution in [3.63, 3.8) is 0 Å². The molecule has 1 atom stereocenters. The zero-order chi connectivity index (χ0) is 13.3. The minimum absolute atomic E-state index is 0.0768. The fraction of sp³-hybridized carbons (Fsp3) is 0.462. The van der Waals surface area contributed by atoms with Crippen molar-refractivity contribution in [2.75, 3.05) is 26.7 Å². The summed E-state index contributed by atoms with van der Waals surface area (Å²) in [5, 5.41) is 0.623. The number of nitrogens with zero attached hydrogens (tertiary/aromatic N) is 2. The third kappa shape index (κ3) is 2.87. The van der Waals surface area contributed by atoms with Gasteiger partial charge in [-0.1, -0.05) is 11.6 Å². The Balaban J connectivity index is 2.18. The molecule has 0 aromatic heterocycles. The molecule has 2 rings (SSSR count). The molecule has 1 heterocycles. The van der Waals surface area contributed by atoms with E-state index in [1.165, 1.54) is 0 Å². The first-order valence-electron chi connectivity index (χ1n) is 5.93. The number of carbonyl (C=O) groups is 1. The molecule has 1 aromatic carbocycles. The van der Waals surface area contributed by atoms with Crippen LogP contribution in [-0.2, 0) is 0 Å². The summed E-state index contributed by atoms with van der Waals surface area (Å²) in [4.78, 5) is 16.6. The van der Waals surface area contributed by atoms with Crippen molar-refractivity contribution in [1.29, 1.82) is 0 Å². The third-order valence-corrected chi connectivity index (χ3v) is 4.47. The lowest BCUT2D eigenvalue weighted by Gasteiger charge is -2.38. The number of piperazine rings is 1. The number of hydrogen-bond donors (Lipinski definition) is 0. The largest absolute Gasteiger partial charge is 0.333 e. The molecule has 98 valence electrons. The summed E-state index contributed by atoms with van der Waals surface area (Å²) < 4.78 is 0.761. The molecular formula is C13H16BrClN2O. The topological polar surface area (TPSA) is 23.6 Å². The van der Waals surface area contributed by atoms with Crippen molar-refractivity contribution in [3.05, 3.63) is 33.3 Å². The second kappa shape index (κ2) is 5.59. The van der Waals surface area contributed by atoms with Crippen LogP contribution in [0.15, 0.2) is 22.7 Å². The Kier molecular flexibility index (Phi) is 4.30. The van der Waals surface area contributed by atoms with E-state index < -0.39 is 0 Å². The van der Waals surface area contributed by atoms with Gasteiger partial charge in [-0.05, 0) is 48.1 Å². The molecule has 0 aliphatic carbocycles. The summed E-state index contributed by atoms with van der Waals surface area (Å²) in [5.41, 5.74) is 0.683. The van der Waals surface area contributed by atoms with Crippen LogP contribution in [-0.4, -0.2) is 48.4 Å². The predicted molar refractivity (Wildman–Crippen MR) is 77.1 cm³/mol. The average molecular weight is 332 g/mol. The summed E-state index contributed by atoms with van der Waals surface area (Å²) in [7, 11) is 2.08. The highest BCUT2D eigenvalue weighted by molar-refractivity contribution is 9.10. The summed E-state index contributed by atoms with van der Waals surface area (Å²) in [6.07, 6.45) is 0. The molecule has 1 aliphatic rings. The molecule has 0 N–H and O–H groups in total. The summed E-state index contributed by atoms with van der Waals surface area (Å²) in [6, 6.07) is 5.56. The molecule has 1 unspecified atom stereocenters. The molecule has 1 fully saturated rings. The first-order valence-corrected chi connectivity index (χ1v) is 7.10. The van der Waals surface area contributed by atoms with Crippen LogP contribution >= 0.6 is 27.5 Å². The number of carbonyl (C=O) groups excluding carboxylic acids is 1. The van der Waals surface area contributed by atoms with Crippen LogP contribution in [0.3, 0.4) is 0 Å². The number of rotatable bonds is 1. The van der Waals surface area contributed by atoms with E-state index in [0.717, 1.165) is 24.1 Å². The van der Waals surface area contributed by atoms with E-state index in [4.69, 9.17) is 11.6 Å². The van der Waals surface area contributed by atoms with Gasteiger partial charge in [-0.3, -0.25) is 4.79 Å². The number of benzene rings is 1. The molecule has 3 nitrogen and oxygen atoms in total. The van der Waals surface area contributed by atoms with Crippen molar-refractivity contribution in [1.82, 2.24) is 9.80 Å². The van der Waals surface area contributed by atoms with Gasteiger partial charge < -0.3 is 9.80 Å². The summed E-state index contributed by atoms with van der Waals surface area (Å²) in [5.74, 6) is 0.0768. The van der Waals surface area contributed by atoms with Gasteiger partial charge in [-0.25, -0.2) is 0 Å². The fourth-order valence-electron chi connectivity index (χ4n) is 2.24. The van der Waals surface area contributed by atoms with Crippen molar-refractivity contribution >= 4 is 33.4 Å². The molecule has 18 heavy (non-hydrogen) atoms. The summed E-state index contributed by atoms with van der Waals surface area (Å²) >= 11 is 9.29. The Labute approximate surface area is 121 Å². The molecule has 0 bridgehead atoms. The average Bonchev–Trinajstić information content (AvgIpc) is 2.32. The van der Waals surface area contributed by atoms with Gasteiger partial charge in [0.2, 0.25) is 0 Å². The fourth-order valence-corrected chi connectivity index (χ4v) is 2.73. The van der Waals surface area contributed by atoms with Crippen LogP contribution < -0.4 is 0 Å². The lowest BCUT2D eigenvalue weighted by molar-refractivity contribution is 0.0533. The maximum absolute atomic E-state index is 12.4. The normalized spacial score (nSPS) is 21.1. The second-order valence-corrected chi connectivity index (χ2v) is 6.00. The number of hydrogen-bond acceptors (Lipinski definition) is 2. The Morgan fingerprint density at radius 2 is 2.17 bits per heavy atom. The molecule has 0 spiro atoms. The number of amides is 1. The maximum atomic E-state index is 12.4. The number of likely N-dealkylation sites (N-methyl/N-ethyl adjacent to an activating group) is 1. The zero-order valence-corrected chi connectivity index (χ0v) is 12.8. The van der Waals surface area contributed by atoms with Crippen molar-refractivity contribution in [3.8, 4) is 0 Å². The predicted octanol–water partition coefficient (Wildman–Crippen LogP) is 2.88. The van der Waals surface area contributed by atoms with E-state index in [-0.39, 0.29) is 11.9 Å². The van der Waals surface area contributed by atoms with E-state index in [9.17, 15) is 4.79 Å². The Morgan fingerprint density at radius 1 is 1.44 bits per heavy atom. The molecule has 1 amide bonds. The van der Waals surface area contributed by atoms with E-state index >= 15 is 0 Å². The Hall–Kier alpha value is -0.580. The van der Waals surface area contributed by atoms with Crippen molar-refractivity contribution in [2.24, 2.45) is 0 Å². The lowest BCUT2D eigenvalue weighted by Crippen LogP contribution is -2.52. The SMILES string of the molecule is CC1CN(C)CCN1C(=O)c1ccc(Cl)c(Br)c1. The molecule has 5 heteroatoms. The van der Waals surface area contributed by atoms with Crippen LogP contribution in [0, 0.1) is 0 Å². The van der Waals surface area contributed by atoms with Gasteiger partial charge >= 0.3 is 0 Å². The molecule has 1 aromatic rings. The third-order valence-electron chi connectivity index (χ3n) is 3.26. The first-order chi connectivity index (χ1) is 8.49. The van der Waals surface area contributed by atoms with Crippen LogP contribution in [0.1, 0.15) is 17.3 Å². The highest BCUT2D eigenvalue weighted by atomic mass is 79.9. The van der Waals surface area contributed by atoms with E-state index in [1.54, 1.807) is 18.2 Å². The minimum atomic E-state index is 0.0768. The van der Waals surface area contributed by atoms with Gasteiger partial charge in [0, 0.05) is 35.7 Å². The van der Waals surface area contributed by atoms with E-state index in [2.05, 4.69) is 34.8 Å². The Bertz CT molecular complexity index is 466. The minimum Gasteiger partial charge on any atom is -0.333 e. The molecule has 0 saturated carbocycles. The Morgan fingerprint density at radius 3 is 2.78 bits per heavy atom. The second-order valence-electron chi connectivity index (χ2n) is 4.74. The van der Waals surface area contributed by atoms with Crippen molar-refractivity contribution < 1.29 is 4.79 Å². The van der Waals surface area contributed by atoms with Gasteiger partial charge in [0.1, 0.15) is 0 Å². The van der Waals surface area contributed by atoms with Gasteiger partial charge in [0.15, 0.2) is 0 Å². The monoisotopic (exact) mass is 330 g/mol. The highest BCUT2D eigenvalue weighted by Gasteiger charge is 2.26. The molecule has 1 saturated heterocycles. The van der Waals surface area contributed by atoms with Crippen LogP contribution in [0.5, 0.6) is 0 Å². The molecule has 0 radical (unpaired) electrons. The zero-order valence-electron chi connectivity index (χ0n) is 10.5. The van der Waals surface area contributed by atoms with Crippen LogP contribution in [0.25, 0.3) is 0 Å². The molecule has 1 aliphatic heterocycles. The van der Waals surface area contributed by atoms with Gasteiger partial charge in [0.05, 0.1) is 5.02 Å². The summed E-state index contributed by atoms with van der Waals surface area (Å²) in [6.45, 7) is 4.70. The first kappa shape index (κ1) is 13.8.